The average molecular weight is 862 g/mol. The Morgan fingerprint density at radius 3 is 0.698 bits per heavy atom. The number of phenolic OH excluding ortho intramolecular Hbond substituents is 3. The molecule has 3 N–H and O–H groups in total. The maximum absolute atomic E-state index is 11.4. The quantitative estimate of drug-likeness (QED) is 0.0394. The molecule has 0 aliphatic rings. The molecule has 4 rings (SSSR count). The van der Waals surface area contributed by atoms with Gasteiger partial charge in [0.2, 0.25) is 0 Å². The van der Waals surface area contributed by atoms with Crippen LogP contribution in [0.4, 0.5) is 0 Å². The van der Waals surface area contributed by atoms with Gasteiger partial charge >= 0.3 is 0 Å². The molecule has 6 nitrogen and oxygen atoms in total. The first-order valence-electron chi connectivity index (χ1n) is 26.2. The Kier molecular flexibility index (Phi) is 26.1. The fourth-order valence-electron chi connectivity index (χ4n) is 8.95. The van der Waals surface area contributed by atoms with E-state index in [9.17, 15) is 15.3 Å². The molecule has 3 aromatic carbocycles. The van der Waals surface area contributed by atoms with E-state index in [4.69, 9.17) is 15.0 Å². The van der Waals surface area contributed by atoms with Gasteiger partial charge in [-0.25, -0.2) is 15.0 Å². The highest BCUT2D eigenvalue weighted by atomic mass is 16.3. The van der Waals surface area contributed by atoms with Crippen LogP contribution < -0.4 is 0 Å². The molecule has 0 aliphatic carbocycles. The van der Waals surface area contributed by atoms with E-state index < -0.39 is 0 Å². The van der Waals surface area contributed by atoms with Crippen LogP contribution in [0.25, 0.3) is 34.2 Å². The normalized spacial score (nSPS) is 11.5. The summed E-state index contributed by atoms with van der Waals surface area (Å²) in [5.74, 6) is 1.28. The van der Waals surface area contributed by atoms with Crippen LogP contribution in [0.3, 0.4) is 0 Å². The number of aryl methyl sites for hydroxylation is 3. The molecular formula is C57H87N3O3. The Balaban J connectivity index is 1.43. The molecule has 1 aromatic heterocycles. The molecule has 0 amide bonds. The first-order chi connectivity index (χ1) is 30.9. The molecule has 6 heteroatoms. The van der Waals surface area contributed by atoms with Crippen LogP contribution in [0, 0.1) is 0 Å². The van der Waals surface area contributed by atoms with E-state index in [-0.39, 0.29) is 17.2 Å². The predicted octanol–water partition coefficient (Wildman–Crippen LogP) is 17.4. The number of aromatic hydroxyl groups is 3. The van der Waals surface area contributed by atoms with E-state index in [0.29, 0.717) is 34.2 Å². The Bertz CT molecular complexity index is 1600. The third kappa shape index (κ3) is 20.2. The van der Waals surface area contributed by atoms with E-state index in [0.717, 1.165) is 55.2 Å². The monoisotopic (exact) mass is 862 g/mol. The van der Waals surface area contributed by atoms with E-state index in [1.165, 1.54) is 173 Å². The maximum atomic E-state index is 11.4. The molecule has 0 atom stereocenters. The van der Waals surface area contributed by atoms with Crippen molar-refractivity contribution in [3.05, 3.63) is 71.3 Å². The van der Waals surface area contributed by atoms with Gasteiger partial charge in [0.1, 0.15) is 17.2 Å². The minimum Gasteiger partial charge on any atom is -0.507 e. The van der Waals surface area contributed by atoms with Gasteiger partial charge in [0.15, 0.2) is 17.5 Å². The van der Waals surface area contributed by atoms with Crippen molar-refractivity contribution in [1.29, 1.82) is 0 Å². The largest absolute Gasteiger partial charge is 0.507 e. The van der Waals surface area contributed by atoms with E-state index in [1.54, 1.807) is 0 Å². The van der Waals surface area contributed by atoms with Crippen LogP contribution >= 0.6 is 0 Å². The Morgan fingerprint density at radius 2 is 0.492 bits per heavy atom. The first kappa shape index (κ1) is 51.7. The van der Waals surface area contributed by atoms with E-state index >= 15 is 0 Å². The lowest BCUT2D eigenvalue weighted by molar-refractivity contribution is 0.475. The summed E-state index contributed by atoms with van der Waals surface area (Å²) in [5.41, 5.74) is 4.78. The third-order valence-corrected chi connectivity index (χ3v) is 13.0. The number of rotatable bonds is 36. The summed E-state index contributed by atoms with van der Waals surface area (Å²) in [6, 6.07) is 17.4. The highest BCUT2D eigenvalue weighted by Crippen LogP contribution is 2.36. The lowest BCUT2D eigenvalue weighted by Crippen LogP contribution is -2.01. The first-order valence-corrected chi connectivity index (χ1v) is 26.2. The van der Waals surface area contributed by atoms with Crippen molar-refractivity contribution in [3.63, 3.8) is 0 Å². The molecule has 0 bridgehead atoms. The molecule has 348 valence electrons. The van der Waals surface area contributed by atoms with Crippen molar-refractivity contribution in [1.82, 2.24) is 15.0 Å². The van der Waals surface area contributed by atoms with Crippen LogP contribution in [-0.4, -0.2) is 30.3 Å². The zero-order chi connectivity index (χ0) is 44.7. The fraction of sp³-hybridized carbons (Fsp3) is 0.632. The highest BCUT2D eigenvalue weighted by molar-refractivity contribution is 5.74. The van der Waals surface area contributed by atoms with Crippen molar-refractivity contribution < 1.29 is 15.3 Å². The molecule has 4 aromatic rings. The smallest absolute Gasteiger partial charge is 0.167 e. The minimum atomic E-state index is 0.120. The molecule has 0 saturated heterocycles. The second-order valence-electron chi connectivity index (χ2n) is 18.7. The van der Waals surface area contributed by atoms with Gasteiger partial charge in [-0.2, -0.15) is 0 Å². The summed E-state index contributed by atoms with van der Waals surface area (Å²) < 4.78 is 0. The summed E-state index contributed by atoms with van der Waals surface area (Å²) >= 11 is 0. The zero-order valence-corrected chi connectivity index (χ0v) is 40.2. The SMILES string of the molecule is CCCCCCCCCCCCc1ccc(-c2nc(-c3ccc(CCCCCCCCCCCC)cc3O)nc(-c3ccc(CCCCCCCCCCCC)cc3O)n2)c(O)c1. The molecule has 63 heavy (non-hydrogen) atoms. The van der Waals surface area contributed by atoms with Crippen LogP contribution in [0.1, 0.15) is 230 Å². The van der Waals surface area contributed by atoms with Crippen molar-refractivity contribution in [3.8, 4) is 51.4 Å². The summed E-state index contributed by atoms with van der Waals surface area (Å²) in [6.45, 7) is 6.80. The second kappa shape index (κ2) is 31.8. The molecule has 0 fully saturated rings. The number of hydrogen-bond donors (Lipinski definition) is 3. The molecule has 0 radical (unpaired) electrons. The van der Waals surface area contributed by atoms with Crippen LogP contribution in [0.5, 0.6) is 17.2 Å². The molecule has 1 heterocycles. The van der Waals surface area contributed by atoms with Crippen molar-refractivity contribution >= 4 is 0 Å². The minimum absolute atomic E-state index is 0.120. The van der Waals surface area contributed by atoms with Gasteiger partial charge in [0, 0.05) is 0 Å². The molecule has 0 spiro atoms. The lowest BCUT2D eigenvalue weighted by Gasteiger charge is -2.13. The van der Waals surface area contributed by atoms with Gasteiger partial charge in [-0.3, -0.25) is 0 Å². The molecule has 0 saturated carbocycles. The highest BCUT2D eigenvalue weighted by Gasteiger charge is 2.19. The summed E-state index contributed by atoms with van der Waals surface area (Å²) in [7, 11) is 0. The van der Waals surface area contributed by atoms with Crippen LogP contribution in [0.15, 0.2) is 54.6 Å². The van der Waals surface area contributed by atoms with Gasteiger partial charge < -0.3 is 15.3 Å². The van der Waals surface area contributed by atoms with Crippen molar-refractivity contribution in [2.24, 2.45) is 0 Å². The van der Waals surface area contributed by atoms with Gasteiger partial charge in [0.05, 0.1) is 16.7 Å². The van der Waals surface area contributed by atoms with Crippen molar-refractivity contribution in [2.45, 2.75) is 233 Å². The van der Waals surface area contributed by atoms with Crippen molar-refractivity contribution in [2.75, 3.05) is 0 Å². The molecule has 0 aliphatic heterocycles. The Morgan fingerprint density at radius 1 is 0.286 bits per heavy atom. The number of hydrogen-bond acceptors (Lipinski definition) is 6. The lowest BCUT2D eigenvalue weighted by atomic mass is 10.0. The molecular weight excluding hydrogens is 775 g/mol. The summed E-state index contributed by atoms with van der Waals surface area (Å²) in [5, 5.41) is 34.2. The Hall–Kier alpha value is -3.93. The summed E-state index contributed by atoms with van der Waals surface area (Å²) in [4.78, 5) is 14.5. The van der Waals surface area contributed by atoms with Crippen LogP contribution in [-0.2, 0) is 19.3 Å². The van der Waals surface area contributed by atoms with Crippen LogP contribution in [0.2, 0.25) is 0 Å². The maximum Gasteiger partial charge on any atom is 0.167 e. The molecule has 0 unspecified atom stereocenters. The zero-order valence-electron chi connectivity index (χ0n) is 40.2. The second-order valence-corrected chi connectivity index (χ2v) is 18.7. The number of benzene rings is 3. The van der Waals surface area contributed by atoms with Gasteiger partial charge in [-0.15, -0.1) is 0 Å². The topological polar surface area (TPSA) is 99.4 Å². The fourth-order valence-corrected chi connectivity index (χ4v) is 8.95. The number of aromatic nitrogens is 3. The predicted molar refractivity (Wildman–Crippen MR) is 268 cm³/mol. The number of phenols is 3. The van der Waals surface area contributed by atoms with E-state index in [1.807, 2.05) is 36.4 Å². The Labute approximate surface area is 384 Å². The summed E-state index contributed by atoms with van der Waals surface area (Å²) in [6.07, 6.45) is 41.5. The van der Waals surface area contributed by atoms with E-state index in [2.05, 4.69) is 39.0 Å². The number of nitrogens with zero attached hydrogens (tertiary/aromatic N) is 3. The number of unbranched alkanes of at least 4 members (excludes halogenated alkanes) is 27. The standard InChI is InChI=1S/C57H87N3O3/c1-4-7-10-13-16-19-22-25-28-31-34-46-37-40-49(52(61)43-46)55-58-56(50-41-38-47(44-53(50)62)35-32-29-26-23-20-17-14-11-8-5-2)60-57(59-55)51-42-39-48(45-54(51)63)36-33-30-27-24-21-18-15-12-9-6-3/h37-45,61-63H,4-36H2,1-3H3. The average Bonchev–Trinajstić information content (AvgIpc) is 3.28. The van der Waals surface area contributed by atoms with Gasteiger partial charge in [0.25, 0.3) is 0 Å². The van der Waals surface area contributed by atoms with Gasteiger partial charge in [-0.05, 0) is 91.6 Å². The van der Waals surface area contributed by atoms with Gasteiger partial charge in [-0.1, -0.05) is 212 Å². The third-order valence-electron chi connectivity index (χ3n) is 13.0.